The molecule has 2 atom stereocenters. The van der Waals surface area contributed by atoms with Crippen molar-refractivity contribution in [2.45, 2.75) is 13.8 Å². The summed E-state index contributed by atoms with van der Waals surface area (Å²) in [7, 11) is 0. The number of aliphatic carboxylic acids is 1. The van der Waals surface area contributed by atoms with Crippen LogP contribution in [0.25, 0.3) is 0 Å². The molecule has 1 saturated heterocycles. The summed E-state index contributed by atoms with van der Waals surface area (Å²) in [5.41, 5.74) is 0. The highest BCUT2D eigenvalue weighted by Crippen LogP contribution is 2.22. The first-order chi connectivity index (χ1) is 6.63. The van der Waals surface area contributed by atoms with E-state index >= 15 is 0 Å². The van der Waals surface area contributed by atoms with Crippen LogP contribution in [0, 0.1) is 11.8 Å². The normalized spacial score (nSPS) is 28.1. The van der Waals surface area contributed by atoms with Gasteiger partial charge in [0.15, 0.2) is 0 Å². The summed E-state index contributed by atoms with van der Waals surface area (Å²) in [5.74, 6) is 0.296. The molecule has 0 unspecified atom stereocenters. The summed E-state index contributed by atoms with van der Waals surface area (Å²) in [6.45, 7) is 7.53. The molecular weight excluding hydrogens is 182 g/mol. The van der Waals surface area contributed by atoms with Crippen LogP contribution in [0.15, 0.2) is 0 Å². The molecule has 0 aliphatic carbocycles. The van der Waals surface area contributed by atoms with Gasteiger partial charge in [-0.05, 0) is 18.8 Å². The summed E-state index contributed by atoms with van der Waals surface area (Å²) < 4.78 is 5.37. The van der Waals surface area contributed by atoms with Gasteiger partial charge in [0.2, 0.25) is 0 Å². The van der Waals surface area contributed by atoms with Crippen LogP contribution in [0.1, 0.15) is 13.8 Å². The Balaban J connectivity index is 2.31. The molecule has 0 spiro atoms. The lowest BCUT2D eigenvalue weighted by Crippen LogP contribution is -2.28. The van der Waals surface area contributed by atoms with E-state index in [4.69, 9.17) is 9.84 Å². The second-order valence-corrected chi connectivity index (χ2v) is 3.98. The standard InChI is InChI=1S/C10H19NO3/c1-3-14-7-9-5-11(4-8(9)2)6-10(12)13/h8-9H,3-7H2,1-2H3,(H,12,13)/t8-,9-/m1/s1. The number of likely N-dealkylation sites (tertiary alicyclic amines) is 1. The molecule has 0 aromatic rings. The van der Waals surface area contributed by atoms with E-state index in [9.17, 15) is 4.79 Å². The Kier molecular flexibility index (Phi) is 4.35. The molecule has 1 aliphatic heterocycles. The Hall–Kier alpha value is -0.610. The third kappa shape index (κ3) is 3.27. The molecule has 4 heteroatoms. The molecule has 0 saturated carbocycles. The molecule has 0 aromatic heterocycles. The molecule has 1 aliphatic rings. The Bertz CT molecular complexity index is 196. The van der Waals surface area contributed by atoms with Gasteiger partial charge in [-0.2, -0.15) is 0 Å². The highest BCUT2D eigenvalue weighted by Gasteiger charge is 2.30. The van der Waals surface area contributed by atoms with E-state index < -0.39 is 5.97 Å². The molecule has 1 N–H and O–H groups in total. The van der Waals surface area contributed by atoms with Gasteiger partial charge in [0, 0.05) is 19.7 Å². The zero-order chi connectivity index (χ0) is 10.6. The van der Waals surface area contributed by atoms with Gasteiger partial charge in [0.05, 0.1) is 13.2 Å². The fourth-order valence-electron chi connectivity index (χ4n) is 1.95. The first-order valence-corrected chi connectivity index (χ1v) is 5.15. The van der Waals surface area contributed by atoms with Crippen molar-refractivity contribution in [3.05, 3.63) is 0 Å². The topological polar surface area (TPSA) is 49.8 Å². The van der Waals surface area contributed by atoms with Gasteiger partial charge in [-0.1, -0.05) is 6.92 Å². The molecule has 0 radical (unpaired) electrons. The SMILES string of the molecule is CCOC[C@H]1CN(CC(=O)O)C[C@H]1C. The Morgan fingerprint density at radius 3 is 2.86 bits per heavy atom. The van der Waals surface area contributed by atoms with Crippen molar-refractivity contribution in [3.8, 4) is 0 Å². The number of carbonyl (C=O) groups is 1. The van der Waals surface area contributed by atoms with Gasteiger partial charge >= 0.3 is 5.97 Å². The average Bonchev–Trinajstić information content (AvgIpc) is 2.41. The third-order valence-electron chi connectivity index (χ3n) is 2.74. The summed E-state index contributed by atoms with van der Waals surface area (Å²) in [5, 5.41) is 8.65. The van der Waals surface area contributed by atoms with Crippen molar-refractivity contribution in [2.24, 2.45) is 11.8 Å². The zero-order valence-corrected chi connectivity index (χ0v) is 8.90. The Morgan fingerprint density at radius 1 is 1.57 bits per heavy atom. The number of carboxylic acid groups (broad SMARTS) is 1. The van der Waals surface area contributed by atoms with Crippen LogP contribution in [-0.4, -0.2) is 48.8 Å². The smallest absolute Gasteiger partial charge is 0.317 e. The predicted octanol–water partition coefficient (Wildman–Crippen LogP) is 0.675. The maximum Gasteiger partial charge on any atom is 0.317 e. The van der Waals surface area contributed by atoms with Crippen LogP contribution in [0.2, 0.25) is 0 Å². The zero-order valence-electron chi connectivity index (χ0n) is 8.90. The van der Waals surface area contributed by atoms with E-state index in [1.54, 1.807) is 0 Å². The van der Waals surface area contributed by atoms with Gasteiger partial charge in [-0.3, -0.25) is 9.69 Å². The first kappa shape index (κ1) is 11.5. The van der Waals surface area contributed by atoms with E-state index in [1.165, 1.54) is 0 Å². The van der Waals surface area contributed by atoms with Crippen LogP contribution >= 0.6 is 0 Å². The molecule has 0 bridgehead atoms. The van der Waals surface area contributed by atoms with E-state index in [-0.39, 0.29) is 6.54 Å². The Morgan fingerprint density at radius 2 is 2.29 bits per heavy atom. The van der Waals surface area contributed by atoms with Crippen molar-refractivity contribution in [2.75, 3.05) is 32.8 Å². The van der Waals surface area contributed by atoms with Crippen molar-refractivity contribution in [1.29, 1.82) is 0 Å². The highest BCUT2D eigenvalue weighted by atomic mass is 16.5. The van der Waals surface area contributed by atoms with Crippen molar-refractivity contribution < 1.29 is 14.6 Å². The number of nitrogens with zero attached hydrogens (tertiary/aromatic N) is 1. The third-order valence-corrected chi connectivity index (χ3v) is 2.74. The maximum absolute atomic E-state index is 10.5. The molecular formula is C10H19NO3. The van der Waals surface area contributed by atoms with E-state index in [2.05, 4.69) is 6.92 Å². The van der Waals surface area contributed by atoms with Gasteiger partial charge in [-0.15, -0.1) is 0 Å². The van der Waals surface area contributed by atoms with Crippen molar-refractivity contribution in [3.63, 3.8) is 0 Å². The number of carboxylic acids is 1. The molecule has 82 valence electrons. The molecule has 4 nitrogen and oxygen atoms in total. The van der Waals surface area contributed by atoms with E-state index in [0.29, 0.717) is 11.8 Å². The summed E-state index contributed by atoms with van der Waals surface area (Å²) in [4.78, 5) is 12.5. The predicted molar refractivity (Wildman–Crippen MR) is 53.2 cm³/mol. The molecule has 1 heterocycles. The minimum atomic E-state index is -0.741. The second-order valence-electron chi connectivity index (χ2n) is 3.98. The number of hydrogen-bond acceptors (Lipinski definition) is 3. The van der Waals surface area contributed by atoms with Crippen LogP contribution in [0.4, 0.5) is 0 Å². The number of rotatable bonds is 5. The molecule has 1 rings (SSSR count). The molecule has 1 fully saturated rings. The fraction of sp³-hybridized carbons (Fsp3) is 0.900. The number of hydrogen-bond donors (Lipinski definition) is 1. The lowest BCUT2D eigenvalue weighted by atomic mass is 9.99. The maximum atomic E-state index is 10.5. The second kappa shape index (κ2) is 5.32. The monoisotopic (exact) mass is 201 g/mol. The molecule has 0 aromatic carbocycles. The van der Waals surface area contributed by atoms with Crippen molar-refractivity contribution in [1.82, 2.24) is 4.90 Å². The van der Waals surface area contributed by atoms with Gasteiger partial charge < -0.3 is 9.84 Å². The molecule has 0 amide bonds. The lowest BCUT2D eigenvalue weighted by molar-refractivity contribution is -0.138. The largest absolute Gasteiger partial charge is 0.480 e. The number of ether oxygens (including phenoxy) is 1. The summed E-state index contributed by atoms with van der Waals surface area (Å²) in [6.07, 6.45) is 0. The van der Waals surface area contributed by atoms with E-state index in [1.807, 2.05) is 11.8 Å². The first-order valence-electron chi connectivity index (χ1n) is 5.15. The van der Waals surface area contributed by atoms with Crippen molar-refractivity contribution >= 4 is 5.97 Å². The fourth-order valence-corrected chi connectivity index (χ4v) is 1.95. The van der Waals surface area contributed by atoms with E-state index in [0.717, 1.165) is 26.3 Å². The van der Waals surface area contributed by atoms with Gasteiger partial charge in [-0.25, -0.2) is 0 Å². The quantitative estimate of drug-likeness (QED) is 0.710. The van der Waals surface area contributed by atoms with Gasteiger partial charge in [0.25, 0.3) is 0 Å². The summed E-state index contributed by atoms with van der Waals surface area (Å²) >= 11 is 0. The van der Waals surface area contributed by atoms with Crippen LogP contribution in [-0.2, 0) is 9.53 Å². The minimum Gasteiger partial charge on any atom is -0.480 e. The van der Waals surface area contributed by atoms with Crippen LogP contribution in [0.5, 0.6) is 0 Å². The molecule has 14 heavy (non-hydrogen) atoms. The van der Waals surface area contributed by atoms with Crippen LogP contribution < -0.4 is 0 Å². The summed E-state index contributed by atoms with van der Waals surface area (Å²) in [6, 6.07) is 0. The minimum absolute atomic E-state index is 0.160. The average molecular weight is 201 g/mol. The van der Waals surface area contributed by atoms with Gasteiger partial charge in [0.1, 0.15) is 0 Å². The van der Waals surface area contributed by atoms with Crippen LogP contribution in [0.3, 0.4) is 0 Å². The lowest BCUT2D eigenvalue weighted by Gasteiger charge is -2.13. The Labute approximate surface area is 84.8 Å². The highest BCUT2D eigenvalue weighted by molar-refractivity contribution is 5.69.